The van der Waals surface area contributed by atoms with Crippen molar-refractivity contribution in [2.45, 2.75) is 44.4 Å². The van der Waals surface area contributed by atoms with Crippen molar-refractivity contribution < 1.29 is 9.53 Å². The Labute approximate surface area is 108 Å². The molecule has 96 valence electrons. The fourth-order valence-corrected chi connectivity index (χ4v) is 3.16. The molecule has 1 heterocycles. The summed E-state index contributed by atoms with van der Waals surface area (Å²) < 4.78 is 6.04. The molecule has 1 N–H and O–H groups in total. The molecule has 18 heavy (non-hydrogen) atoms. The van der Waals surface area contributed by atoms with Crippen molar-refractivity contribution in [3.05, 3.63) is 35.9 Å². The van der Waals surface area contributed by atoms with E-state index in [9.17, 15) is 4.79 Å². The molecule has 0 aromatic heterocycles. The van der Waals surface area contributed by atoms with Gasteiger partial charge in [0.15, 0.2) is 0 Å². The Balaban J connectivity index is 1.56. The van der Waals surface area contributed by atoms with Crippen molar-refractivity contribution in [2.24, 2.45) is 5.92 Å². The predicted molar refractivity (Wildman–Crippen MR) is 68.9 cm³/mol. The van der Waals surface area contributed by atoms with Crippen LogP contribution in [0.5, 0.6) is 0 Å². The van der Waals surface area contributed by atoms with Crippen LogP contribution in [0.1, 0.15) is 31.2 Å². The Morgan fingerprint density at radius 3 is 2.83 bits per heavy atom. The van der Waals surface area contributed by atoms with Crippen LogP contribution in [0, 0.1) is 5.92 Å². The molecule has 2 aliphatic rings. The van der Waals surface area contributed by atoms with E-state index in [0.29, 0.717) is 31.1 Å². The Hall–Kier alpha value is -1.35. The van der Waals surface area contributed by atoms with Crippen molar-refractivity contribution >= 4 is 5.91 Å². The second kappa shape index (κ2) is 5.11. The molecular formula is C15H19NO2. The Kier molecular flexibility index (Phi) is 3.33. The number of hydrogen-bond donors (Lipinski definition) is 1. The summed E-state index contributed by atoms with van der Waals surface area (Å²) in [6.45, 7) is 0.683. The topological polar surface area (TPSA) is 38.3 Å². The van der Waals surface area contributed by atoms with Crippen LogP contribution >= 0.6 is 0 Å². The molecule has 3 nitrogen and oxygen atoms in total. The van der Waals surface area contributed by atoms with Gasteiger partial charge in [-0.1, -0.05) is 30.3 Å². The number of amides is 1. The number of rotatable bonds is 3. The van der Waals surface area contributed by atoms with E-state index in [1.54, 1.807) is 0 Å². The minimum absolute atomic E-state index is 0.208. The predicted octanol–water partition coefficient (Wildman–Crippen LogP) is 2.26. The van der Waals surface area contributed by atoms with Gasteiger partial charge in [0.2, 0.25) is 5.91 Å². The summed E-state index contributed by atoms with van der Waals surface area (Å²) in [5, 5.41) is 3.09. The molecule has 1 saturated heterocycles. The molecule has 1 aromatic carbocycles. The highest BCUT2D eigenvalue weighted by Crippen LogP contribution is 2.35. The zero-order valence-corrected chi connectivity index (χ0v) is 10.5. The van der Waals surface area contributed by atoms with Crippen LogP contribution in [0.15, 0.2) is 30.3 Å². The van der Waals surface area contributed by atoms with Crippen LogP contribution in [-0.2, 0) is 16.1 Å². The van der Waals surface area contributed by atoms with E-state index >= 15 is 0 Å². The summed E-state index contributed by atoms with van der Waals surface area (Å²) in [7, 11) is 0. The van der Waals surface area contributed by atoms with E-state index in [1.807, 2.05) is 18.2 Å². The normalized spacial score (nSPS) is 30.9. The number of hydrogen-bond acceptors (Lipinski definition) is 2. The number of ether oxygens (including phenoxy) is 1. The van der Waals surface area contributed by atoms with Gasteiger partial charge in [0.05, 0.1) is 12.7 Å². The summed E-state index contributed by atoms with van der Waals surface area (Å²) in [4.78, 5) is 11.3. The number of carbonyl (C=O) groups is 1. The average molecular weight is 245 g/mol. The van der Waals surface area contributed by atoms with Gasteiger partial charge in [0, 0.05) is 18.4 Å². The lowest BCUT2D eigenvalue weighted by Gasteiger charge is -2.29. The molecule has 3 heteroatoms. The number of carbonyl (C=O) groups excluding carboxylic acids is 1. The lowest BCUT2D eigenvalue weighted by molar-refractivity contribution is -0.125. The largest absolute Gasteiger partial charge is 0.373 e. The summed E-state index contributed by atoms with van der Waals surface area (Å²) in [5.41, 5.74) is 1.22. The molecule has 1 aliphatic heterocycles. The molecule has 2 fully saturated rings. The summed E-state index contributed by atoms with van der Waals surface area (Å²) in [6.07, 6.45) is 4.09. The van der Waals surface area contributed by atoms with Crippen molar-refractivity contribution in [2.75, 3.05) is 0 Å². The van der Waals surface area contributed by atoms with Gasteiger partial charge in [-0.25, -0.2) is 0 Å². The monoisotopic (exact) mass is 245 g/mol. The summed E-state index contributed by atoms with van der Waals surface area (Å²) in [5.74, 6) is 0.728. The van der Waals surface area contributed by atoms with Crippen LogP contribution in [0.25, 0.3) is 0 Å². The molecule has 0 bridgehead atoms. The Bertz CT molecular complexity index is 418. The molecule has 3 rings (SSSR count). The third-order valence-electron chi connectivity index (χ3n) is 4.11. The van der Waals surface area contributed by atoms with Gasteiger partial charge in [0.25, 0.3) is 0 Å². The minimum Gasteiger partial charge on any atom is -0.373 e. The van der Waals surface area contributed by atoms with Gasteiger partial charge in [0.1, 0.15) is 0 Å². The molecule has 0 radical (unpaired) electrons. The minimum atomic E-state index is 0.208. The SMILES string of the molecule is O=C1CC[C@H]2C(OCc3ccccc3)CC[C@H]2N1. The molecule has 1 amide bonds. The number of piperidine rings is 1. The molecule has 3 atom stereocenters. The van der Waals surface area contributed by atoms with Crippen molar-refractivity contribution in [3.8, 4) is 0 Å². The second-order valence-corrected chi connectivity index (χ2v) is 5.29. The van der Waals surface area contributed by atoms with Crippen molar-refractivity contribution in [3.63, 3.8) is 0 Å². The van der Waals surface area contributed by atoms with Crippen LogP contribution in [0.3, 0.4) is 0 Å². The molecular weight excluding hydrogens is 226 g/mol. The van der Waals surface area contributed by atoms with Gasteiger partial charge in [-0.3, -0.25) is 4.79 Å². The molecule has 1 aliphatic carbocycles. The van der Waals surface area contributed by atoms with E-state index < -0.39 is 0 Å². The van der Waals surface area contributed by atoms with E-state index in [0.717, 1.165) is 19.3 Å². The number of fused-ring (bicyclic) bond motifs is 1. The fourth-order valence-electron chi connectivity index (χ4n) is 3.16. The first-order valence-electron chi connectivity index (χ1n) is 6.78. The highest BCUT2D eigenvalue weighted by molar-refractivity contribution is 5.77. The van der Waals surface area contributed by atoms with E-state index in [4.69, 9.17) is 4.74 Å². The highest BCUT2D eigenvalue weighted by Gasteiger charge is 2.40. The Morgan fingerprint density at radius 1 is 1.17 bits per heavy atom. The summed E-state index contributed by atoms with van der Waals surface area (Å²) >= 11 is 0. The first kappa shape index (κ1) is 11.7. The maximum atomic E-state index is 11.3. The maximum Gasteiger partial charge on any atom is 0.220 e. The first-order valence-corrected chi connectivity index (χ1v) is 6.78. The molecule has 0 spiro atoms. The van der Waals surface area contributed by atoms with Gasteiger partial charge < -0.3 is 10.1 Å². The van der Waals surface area contributed by atoms with E-state index in [2.05, 4.69) is 17.4 Å². The highest BCUT2D eigenvalue weighted by atomic mass is 16.5. The first-order chi connectivity index (χ1) is 8.83. The van der Waals surface area contributed by atoms with Crippen molar-refractivity contribution in [1.82, 2.24) is 5.32 Å². The molecule has 1 unspecified atom stereocenters. The zero-order valence-electron chi connectivity index (χ0n) is 10.5. The van der Waals surface area contributed by atoms with Crippen LogP contribution < -0.4 is 5.32 Å². The van der Waals surface area contributed by atoms with Gasteiger partial charge in [-0.2, -0.15) is 0 Å². The van der Waals surface area contributed by atoms with Crippen LogP contribution in [0.4, 0.5) is 0 Å². The van der Waals surface area contributed by atoms with E-state index in [1.165, 1.54) is 5.56 Å². The third kappa shape index (κ3) is 2.41. The van der Waals surface area contributed by atoms with Gasteiger partial charge >= 0.3 is 0 Å². The van der Waals surface area contributed by atoms with E-state index in [-0.39, 0.29) is 5.91 Å². The van der Waals surface area contributed by atoms with Crippen LogP contribution in [-0.4, -0.2) is 18.1 Å². The Morgan fingerprint density at radius 2 is 2.00 bits per heavy atom. The number of benzene rings is 1. The average Bonchev–Trinajstić information content (AvgIpc) is 2.80. The molecule has 1 aromatic rings. The summed E-state index contributed by atoms with van der Waals surface area (Å²) in [6, 6.07) is 10.6. The van der Waals surface area contributed by atoms with Gasteiger partial charge in [-0.15, -0.1) is 0 Å². The lowest BCUT2D eigenvalue weighted by atomic mass is 9.92. The molecule has 1 saturated carbocycles. The van der Waals surface area contributed by atoms with Crippen molar-refractivity contribution in [1.29, 1.82) is 0 Å². The zero-order chi connectivity index (χ0) is 12.4. The lowest BCUT2D eigenvalue weighted by Crippen LogP contribution is -2.44. The standard InChI is InChI=1S/C15H19NO2/c17-15-9-6-12-13(16-15)7-8-14(12)18-10-11-4-2-1-3-5-11/h1-5,12-14H,6-10H2,(H,16,17)/t12-,13-,14?/m1/s1. The quantitative estimate of drug-likeness (QED) is 0.887. The van der Waals surface area contributed by atoms with Crippen LogP contribution in [0.2, 0.25) is 0 Å². The van der Waals surface area contributed by atoms with Gasteiger partial charge in [-0.05, 0) is 24.8 Å². The second-order valence-electron chi connectivity index (χ2n) is 5.29. The smallest absolute Gasteiger partial charge is 0.220 e. The fraction of sp³-hybridized carbons (Fsp3) is 0.533. The third-order valence-corrected chi connectivity index (χ3v) is 4.11. The maximum absolute atomic E-state index is 11.3. The number of nitrogens with one attached hydrogen (secondary N) is 1.